The molecule has 0 heterocycles. The summed E-state index contributed by atoms with van der Waals surface area (Å²) in [7, 11) is 0. The molecule has 0 atom stereocenters. The third kappa shape index (κ3) is 1.48. The maximum atomic E-state index is 10.9. The van der Waals surface area contributed by atoms with Gasteiger partial charge in [-0.1, -0.05) is 0 Å². The van der Waals surface area contributed by atoms with Gasteiger partial charge in [-0.15, -0.1) is 0 Å². The summed E-state index contributed by atoms with van der Waals surface area (Å²) >= 11 is 0. The highest BCUT2D eigenvalue weighted by molar-refractivity contribution is 5.04. The van der Waals surface area contributed by atoms with Crippen LogP contribution in [0.25, 0.3) is 0 Å². The standard InChI is InChI=1S/C10H15N3O4/c14-12(15)11(13(16)17)10-4-7-1-8(5-10)3-9(2-7)6-10/h7-9H,1-6H2. The number of hydrogen-bond acceptors (Lipinski definition) is 4. The highest BCUT2D eigenvalue weighted by atomic mass is 16.8. The van der Waals surface area contributed by atoms with Crippen molar-refractivity contribution in [3.8, 4) is 0 Å². The summed E-state index contributed by atoms with van der Waals surface area (Å²) in [6.45, 7) is 0. The highest BCUT2D eigenvalue weighted by Crippen LogP contribution is 2.57. The van der Waals surface area contributed by atoms with Gasteiger partial charge in [-0.05, 0) is 56.3 Å². The van der Waals surface area contributed by atoms with Crippen molar-refractivity contribution in [2.45, 2.75) is 44.1 Å². The van der Waals surface area contributed by atoms with Gasteiger partial charge in [0.25, 0.3) is 0 Å². The molecule has 94 valence electrons. The lowest BCUT2D eigenvalue weighted by Gasteiger charge is -2.54. The predicted molar refractivity (Wildman–Crippen MR) is 56.7 cm³/mol. The van der Waals surface area contributed by atoms with Gasteiger partial charge in [0.1, 0.15) is 0 Å². The minimum absolute atomic E-state index is 0.317. The van der Waals surface area contributed by atoms with E-state index in [2.05, 4.69) is 0 Å². The second kappa shape index (κ2) is 3.30. The topological polar surface area (TPSA) is 89.5 Å². The van der Waals surface area contributed by atoms with E-state index in [1.807, 2.05) is 0 Å². The molecule has 0 N–H and O–H groups in total. The van der Waals surface area contributed by atoms with E-state index in [9.17, 15) is 20.2 Å². The van der Waals surface area contributed by atoms with E-state index < -0.39 is 15.6 Å². The molecule has 4 aliphatic carbocycles. The fourth-order valence-corrected chi connectivity index (χ4v) is 4.72. The van der Waals surface area contributed by atoms with Crippen molar-refractivity contribution in [2.24, 2.45) is 17.8 Å². The third-order valence-electron chi connectivity index (χ3n) is 4.74. The maximum Gasteiger partial charge on any atom is 0.223 e. The Morgan fingerprint density at radius 2 is 1.24 bits per heavy atom. The van der Waals surface area contributed by atoms with Gasteiger partial charge in [0.15, 0.2) is 10.7 Å². The number of rotatable bonds is 3. The van der Waals surface area contributed by atoms with Gasteiger partial charge in [-0.2, -0.15) is 0 Å². The summed E-state index contributed by atoms with van der Waals surface area (Å²) in [5, 5.41) is 20.6. The van der Waals surface area contributed by atoms with E-state index in [-0.39, 0.29) is 0 Å². The molecule has 0 spiro atoms. The van der Waals surface area contributed by atoms with Gasteiger partial charge >= 0.3 is 0 Å². The second-order valence-electron chi connectivity index (χ2n) is 5.91. The zero-order valence-electron chi connectivity index (χ0n) is 9.45. The van der Waals surface area contributed by atoms with Crippen molar-refractivity contribution >= 4 is 0 Å². The van der Waals surface area contributed by atoms with Crippen molar-refractivity contribution in [3.63, 3.8) is 0 Å². The van der Waals surface area contributed by atoms with Crippen LogP contribution in [0.2, 0.25) is 0 Å². The Hall–Kier alpha value is -1.40. The minimum Gasteiger partial charge on any atom is -0.230 e. The van der Waals surface area contributed by atoms with Gasteiger partial charge in [0.2, 0.25) is 10.1 Å². The van der Waals surface area contributed by atoms with Crippen LogP contribution >= 0.6 is 0 Å². The molecule has 4 bridgehead atoms. The monoisotopic (exact) mass is 241 g/mol. The molecule has 0 aromatic carbocycles. The summed E-state index contributed by atoms with van der Waals surface area (Å²) < 4.78 is 0. The zero-order chi connectivity index (χ0) is 12.2. The quantitative estimate of drug-likeness (QED) is 0.553. The van der Waals surface area contributed by atoms with Crippen LogP contribution in [0.5, 0.6) is 0 Å². The van der Waals surface area contributed by atoms with Crippen LogP contribution in [0, 0.1) is 38.0 Å². The van der Waals surface area contributed by atoms with E-state index >= 15 is 0 Å². The molecule has 0 aliphatic heterocycles. The van der Waals surface area contributed by atoms with Crippen LogP contribution in [-0.4, -0.2) is 20.7 Å². The molecule has 7 heteroatoms. The largest absolute Gasteiger partial charge is 0.230 e. The Bertz CT molecular complexity index is 334. The van der Waals surface area contributed by atoms with Crippen LogP contribution in [0.3, 0.4) is 0 Å². The van der Waals surface area contributed by atoms with E-state index in [0.717, 1.165) is 19.3 Å². The number of nitrogens with zero attached hydrogens (tertiary/aromatic N) is 3. The molecule has 4 saturated carbocycles. The summed E-state index contributed by atoms with van der Waals surface area (Å²) in [4.78, 5) is 21.9. The van der Waals surface area contributed by atoms with Crippen LogP contribution in [-0.2, 0) is 0 Å². The highest BCUT2D eigenvalue weighted by Gasteiger charge is 2.62. The molecule has 7 nitrogen and oxygen atoms in total. The second-order valence-corrected chi connectivity index (χ2v) is 5.91. The lowest BCUT2D eigenvalue weighted by atomic mass is 9.53. The van der Waals surface area contributed by atoms with Crippen molar-refractivity contribution in [1.82, 2.24) is 5.12 Å². The first kappa shape index (κ1) is 10.7. The van der Waals surface area contributed by atoms with Gasteiger partial charge < -0.3 is 0 Å². The fraction of sp³-hybridized carbons (Fsp3) is 1.00. The summed E-state index contributed by atoms with van der Waals surface area (Å²) in [6.07, 6.45) is 5.22. The third-order valence-corrected chi connectivity index (χ3v) is 4.74. The molecule has 4 rings (SSSR count). The normalized spacial score (nSPS) is 42.5. The lowest BCUT2D eigenvalue weighted by Crippen LogP contribution is -2.63. The van der Waals surface area contributed by atoms with Gasteiger partial charge in [-0.3, -0.25) is 0 Å². The van der Waals surface area contributed by atoms with Crippen LogP contribution in [0.1, 0.15) is 38.5 Å². The molecule has 4 fully saturated rings. The van der Waals surface area contributed by atoms with Crippen LogP contribution in [0.4, 0.5) is 0 Å². The van der Waals surface area contributed by atoms with Crippen molar-refractivity contribution in [3.05, 3.63) is 20.2 Å². The molecule has 0 aromatic heterocycles. The molecule has 4 aliphatic rings. The molecular weight excluding hydrogens is 226 g/mol. The number of hydrogen-bond donors (Lipinski definition) is 0. The molecule has 0 radical (unpaired) electrons. The SMILES string of the molecule is O=[N+]([O-])N([N+](=O)[O-])C12CC3CC(CC(C3)C1)C2. The molecular formula is C10H15N3O4. The first-order valence-electron chi connectivity index (χ1n) is 6.09. The average molecular weight is 241 g/mol. The molecule has 0 saturated heterocycles. The average Bonchev–Trinajstić information content (AvgIpc) is 2.11. The van der Waals surface area contributed by atoms with E-state index in [0.29, 0.717) is 42.1 Å². The summed E-state index contributed by atoms with van der Waals surface area (Å²) in [6, 6.07) is 0. The Morgan fingerprint density at radius 3 is 1.53 bits per heavy atom. The predicted octanol–water partition coefficient (Wildman–Crippen LogP) is 1.64. The number of hydrazine groups is 2. The molecule has 0 aromatic rings. The van der Waals surface area contributed by atoms with Gasteiger partial charge in [0.05, 0.1) is 0 Å². The Kier molecular flexibility index (Phi) is 2.08. The molecule has 17 heavy (non-hydrogen) atoms. The van der Waals surface area contributed by atoms with Gasteiger partial charge in [-0.25, -0.2) is 20.2 Å². The first-order chi connectivity index (χ1) is 8.00. The van der Waals surface area contributed by atoms with E-state index in [1.54, 1.807) is 0 Å². The molecule has 0 unspecified atom stereocenters. The summed E-state index contributed by atoms with van der Waals surface area (Å²) in [5.74, 6) is 1.39. The fourth-order valence-electron chi connectivity index (χ4n) is 4.72. The van der Waals surface area contributed by atoms with Crippen molar-refractivity contribution in [2.75, 3.05) is 0 Å². The Morgan fingerprint density at radius 1 is 0.882 bits per heavy atom. The van der Waals surface area contributed by atoms with E-state index in [4.69, 9.17) is 0 Å². The van der Waals surface area contributed by atoms with E-state index in [1.165, 1.54) is 0 Å². The van der Waals surface area contributed by atoms with Crippen LogP contribution in [0.15, 0.2) is 0 Å². The van der Waals surface area contributed by atoms with Crippen molar-refractivity contribution < 1.29 is 10.1 Å². The Balaban J connectivity index is 1.95. The smallest absolute Gasteiger partial charge is 0.223 e. The van der Waals surface area contributed by atoms with Crippen LogP contribution < -0.4 is 0 Å². The summed E-state index contributed by atoms with van der Waals surface area (Å²) in [5.41, 5.74) is -0.804. The minimum atomic E-state index is -0.826. The number of nitro groups is 2. The molecule has 0 amide bonds. The zero-order valence-corrected chi connectivity index (χ0v) is 9.45. The van der Waals surface area contributed by atoms with Gasteiger partial charge in [0, 0.05) is 0 Å². The lowest BCUT2D eigenvalue weighted by molar-refractivity contribution is -0.926. The first-order valence-corrected chi connectivity index (χ1v) is 6.09. The van der Waals surface area contributed by atoms with Crippen molar-refractivity contribution in [1.29, 1.82) is 0 Å². The maximum absolute atomic E-state index is 10.9. The Labute approximate surface area is 98.0 Å².